The van der Waals surface area contributed by atoms with Crippen LogP contribution in [0.15, 0.2) is 60.7 Å². The molecule has 1 aromatic heterocycles. The maximum atomic E-state index is 12.9. The zero-order chi connectivity index (χ0) is 19.0. The van der Waals surface area contributed by atoms with E-state index in [1.807, 2.05) is 61.5 Å². The van der Waals surface area contributed by atoms with E-state index in [0.29, 0.717) is 5.52 Å². The number of pyridine rings is 1. The van der Waals surface area contributed by atoms with Crippen LogP contribution >= 0.6 is 0 Å². The minimum absolute atomic E-state index is 0.0369. The number of para-hydroxylation sites is 2. The van der Waals surface area contributed by atoms with Gasteiger partial charge < -0.3 is 9.64 Å². The molecule has 0 fully saturated rings. The minimum Gasteiger partial charge on any atom is -0.448 e. The molecular weight excluding hydrogens is 340 g/mol. The van der Waals surface area contributed by atoms with Crippen molar-refractivity contribution in [2.24, 2.45) is 0 Å². The molecule has 2 atom stereocenters. The highest BCUT2D eigenvalue weighted by Crippen LogP contribution is 2.32. The van der Waals surface area contributed by atoms with Gasteiger partial charge in [0.15, 0.2) is 6.10 Å². The lowest BCUT2D eigenvalue weighted by molar-refractivity contribution is -0.126. The number of esters is 1. The molecule has 2 aromatic carbocycles. The molecule has 0 N–H and O–H groups in total. The van der Waals surface area contributed by atoms with Gasteiger partial charge in [-0.25, -0.2) is 9.78 Å². The van der Waals surface area contributed by atoms with Crippen molar-refractivity contribution in [2.45, 2.75) is 32.4 Å². The second kappa shape index (κ2) is 6.83. The second-order valence-corrected chi connectivity index (χ2v) is 6.83. The van der Waals surface area contributed by atoms with E-state index in [2.05, 4.69) is 4.98 Å². The highest BCUT2D eigenvalue weighted by molar-refractivity contribution is 6.01. The van der Waals surface area contributed by atoms with Gasteiger partial charge in [-0.05, 0) is 44.0 Å². The normalized spacial score (nSPS) is 16.8. The predicted molar refractivity (Wildman–Crippen MR) is 104 cm³/mol. The molecule has 1 aliphatic rings. The molecule has 5 nitrogen and oxygen atoms in total. The highest BCUT2D eigenvalue weighted by atomic mass is 16.5. The van der Waals surface area contributed by atoms with Gasteiger partial charge in [-0.1, -0.05) is 42.5 Å². The lowest BCUT2D eigenvalue weighted by Crippen LogP contribution is -2.43. The van der Waals surface area contributed by atoms with Crippen molar-refractivity contribution in [3.63, 3.8) is 0 Å². The van der Waals surface area contributed by atoms with Gasteiger partial charge in [0.1, 0.15) is 5.69 Å². The number of benzene rings is 2. The summed E-state index contributed by atoms with van der Waals surface area (Å²) in [5.41, 5.74) is 2.94. The molecule has 136 valence electrons. The maximum Gasteiger partial charge on any atom is 0.357 e. The van der Waals surface area contributed by atoms with Crippen molar-refractivity contribution in [1.82, 2.24) is 4.98 Å². The predicted octanol–water partition coefficient (Wildman–Crippen LogP) is 3.76. The van der Waals surface area contributed by atoms with Gasteiger partial charge in [-0.15, -0.1) is 0 Å². The van der Waals surface area contributed by atoms with Gasteiger partial charge in [-0.3, -0.25) is 4.79 Å². The van der Waals surface area contributed by atoms with Gasteiger partial charge >= 0.3 is 5.97 Å². The summed E-state index contributed by atoms with van der Waals surface area (Å²) in [5.74, 6) is -0.816. The monoisotopic (exact) mass is 360 g/mol. The van der Waals surface area contributed by atoms with Crippen LogP contribution in [0.4, 0.5) is 5.69 Å². The molecule has 0 bridgehead atoms. The number of ether oxygens (including phenoxy) is 1. The number of nitrogens with zero attached hydrogens (tertiary/aromatic N) is 2. The Labute approximate surface area is 157 Å². The first-order valence-electron chi connectivity index (χ1n) is 9.02. The van der Waals surface area contributed by atoms with E-state index in [0.717, 1.165) is 23.1 Å². The minimum atomic E-state index is -0.889. The topological polar surface area (TPSA) is 59.5 Å². The van der Waals surface area contributed by atoms with Crippen LogP contribution in [0.3, 0.4) is 0 Å². The molecule has 0 unspecified atom stereocenters. The first-order chi connectivity index (χ1) is 13.0. The largest absolute Gasteiger partial charge is 0.448 e. The van der Waals surface area contributed by atoms with Gasteiger partial charge in [-0.2, -0.15) is 0 Å². The van der Waals surface area contributed by atoms with Crippen LogP contribution in [0, 0.1) is 0 Å². The molecule has 2 heterocycles. The Morgan fingerprint density at radius 3 is 2.67 bits per heavy atom. The number of anilines is 1. The molecular formula is C22H20N2O3. The Morgan fingerprint density at radius 2 is 1.81 bits per heavy atom. The smallest absolute Gasteiger partial charge is 0.357 e. The average Bonchev–Trinajstić information content (AvgIpc) is 3.02. The second-order valence-electron chi connectivity index (χ2n) is 6.83. The van der Waals surface area contributed by atoms with Crippen LogP contribution in [0.25, 0.3) is 10.9 Å². The Bertz CT molecular complexity index is 1030. The first-order valence-corrected chi connectivity index (χ1v) is 9.02. The number of fused-ring (bicyclic) bond motifs is 2. The van der Waals surface area contributed by atoms with Crippen molar-refractivity contribution in [2.75, 3.05) is 4.90 Å². The lowest BCUT2D eigenvalue weighted by Gasteiger charge is -2.25. The molecule has 0 aliphatic carbocycles. The fraction of sp³-hybridized carbons (Fsp3) is 0.227. The third kappa shape index (κ3) is 3.16. The van der Waals surface area contributed by atoms with Crippen LogP contribution in [0.1, 0.15) is 29.9 Å². The molecule has 4 rings (SSSR count). The molecule has 0 spiro atoms. The summed E-state index contributed by atoms with van der Waals surface area (Å²) in [7, 11) is 0. The molecule has 0 radical (unpaired) electrons. The van der Waals surface area contributed by atoms with E-state index >= 15 is 0 Å². The summed E-state index contributed by atoms with van der Waals surface area (Å²) in [5, 5.41) is 0.945. The van der Waals surface area contributed by atoms with E-state index in [4.69, 9.17) is 4.74 Å². The fourth-order valence-electron chi connectivity index (χ4n) is 3.55. The van der Waals surface area contributed by atoms with Crippen LogP contribution in [-0.2, 0) is 16.0 Å². The Balaban J connectivity index is 1.52. The van der Waals surface area contributed by atoms with Crippen molar-refractivity contribution in [3.05, 3.63) is 71.9 Å². The molecule has 0 saturated heterocycles. The fourth-order valence-corrected chi connectivity index (χ4v) is 3.55. The zero-order valence-corrected chi connectivity index (χ0v) is 15.3. The van der Waals surface area contributed by atoms with E-state index < -0.39 is 12.1 Å². The summed E-state index contributed by atoms with van der Waals surface area (Å²) in [6.07, 6.45) is -0.0891. The lowest BCUT2D eigenvalue weighted by atomic mass is 10.1. The Morgan fingerprint density at radius 1 is 1.07 bits per heavy atom. The summed E-state index contributed by atoms with van der Waals surface area (Å²) >= 11 is 0. The number of hydrogen-bond acceptors (Lipinski definition) is 4. The van der Waals surface area contributed by atoms with E-state index in [1.54, 1.807) is 17.9 Å². The van der Waals surface area contributed by atoms with Crippen LogP contribution in [0.5, 0.6) is 0 Å². The Kier molecular flexibility index (Phi) is 4.36. The molecule has 0 saturated carbocycles. The van der Waals surface area contributed by atoms with E-state index in [-0.39, 0.29) is 17.6 Å². The quantitative estimate of drug-likeness (QED) is 0.668. The Hall–Kier alpha value is -3.21. The number of carbonyl (C=O) groups is 2. The molecule has 1 aliphatic heterocycles. The van der Waals surface area contributed by atoms with Crippen LogP contribution < -0.4 is 4.90 Å². The van der Waals surface area contributed by atoms with E-state index in [1.165, 1.54) is 0 Å². The SMILES string of the molecule is C[C@H](OC(=O)c1ccc2ccccc2n1)C(=O)N1c2ccccc2C[C@H]1C. The third-order valence-electron chi connectivity index (χ3n) is 4.88. The number of hydrogen-bond donors (Lipinski definition) is 0. The summed E-state index contributed by atoms with van der Waals surface area (Å²) in [4.78, 5) is 31.5. The van der Waals surface area contributed by atoms with Gasteiger partial charge in [0.25, 0.3) is 5.91 Å². The number of carbonyl (C=O) groups excluding carboxylic acids is 2. The number of aromatic nitrogens is 1. The zero-order valence-electron chi connectivity index (χ0n) is 15.3. The number of rotatable bonds is 3. The van der Waals surface area contributed by atoms with Crippen molar-refractivity contribution >= 4 is 28.5 Å². The highest BCUT2D eigenvalue weighted by Gasteiger charge is 2.34. The van der Waals surface area contributed by atoms with Crippen LogP contribution in [-0.4, -0.2) is 29.0 Å². The summed E-state index contributed by atoms with van der Waals surface area (Å²) in [6.45, 7) is 3.60. The van der Waals surface area contributed by atoms with Gasteiger partial charge in [0, 0.05) is 17.1 Å². The average molecular weight is 360 g/mol. The van der Waals surface area contributed by atoms with Gasteiger partial charge in [0.05, 0.1) is 5.52 Å². The van der Waals surface area contributed by atoms with Crippen LogP contribution in [0.2, 0.25) is 0 Å². The first kappa shape index (κ1) is 17.2. The van der Waals surface area contributed by atoms with Crippen molar-refractivity contribution in [1.29, 1.82) is 0 Å². The molecule has 27 heavy (non-hydrogen) atoms. The van der Waals surface area contributed by atoms with Crippen molar-refractivity contribution < 1.29 is 14.3 Å². The molecule has 3 aromatic rings. The molecule has 1 amide bonds. The maximum absolute atomic E-state index is 12.9. The number of amides is 1. The summed E-state index contributed by atoms with van der Waals surface area (Å²) in [6, 6.07) is 18.8. The van der Waals surface area contributed by atoms with Gasteiger partial charge in [0.2, 0.25) is 0 Å². The van der Waals surface area contributed by atoms with E-state index in [9.17, 15) is 9.59 Å². The summed E-state index contributed by atoms with van der Waals surface area (Å²) < 4.78 is 5.43. The van der Waals surface area contributed by atoms with Crippen molar-refractivity contribution in [3.8, 4) is 0 Å². The standard InChI is InChI=1S/C22H20N2O3/c1-14-13-17-8-4-6-10-20(17)24(14)21(25)15(2)27-22(26)19-12-11-16-7-3-5-9-18(16)23-19/h3-12,14-15H,13H2,1-2H3/t14-,15+/m1/s1. The third-order valence-corrected chi connectivity index (χ3v) is 4.88. The molecule has 5 heteroatoms.